The van der Waals surface area contributed by atoms with Gasteiger partial charge in [-0.25, -0.2) is 4.39 Å². The van der Waals surface area contributed by atoms with Crippen LogP contribution in [0.3, 0.4) is 0 Å². The standard InChI is InChI=1S/C23H24FN3O3/c24-19-7-3-16(4-8-19)13-26-10-11-30-23(22(26)29)15-27(21(28)17-5-6-17)14-20(23)18-2-1-9-25-12-18/h1-4,7-9,12,17,20H,5-6,10-11,13-15H2/t20-,23-/m0/s1. The molecule has 1 saturated carbocycles. The molecule has 1 aromatic carbocycles. The molecule has 0 unspecified atom stereocenters. The van der Waals surface area contributed by atoms with Crippen molar-refractivity contribution in [2.45, 2.75) is 30.9 Å². The van der Waals surface area contributed by atoms with Crippen LogP contribution in [-0.4, -0.2) is 58.4 Å². The van der Waals surface area contributed by atoms with Crippen LogP contribution in [0.4, 0.5) is 4.39 Å². The molecule has 3 aliphatic rings. The summed E-state index contributed by atoms with van der Waals surface area (Å²) in [5.41, 5.74) is 0.662. The van der Waals surface area contributed by atoms with Gasteiger partial charge in [-0.05, 0) is 42.2 Å². The molecule has 7 heteroatoms. The fourth-order valence-electron chi connectivity index (χ4n) is 4.63. The van der Waals surface area contributed by atoms with Crippen LogP contribution in [0.15, 0.2) is 48.8 Å². The van der Waals surface area contributed by atoms with Crippen molar-refractivity contribution in [2.24, 2.45) is 5.92 Å². The third-order valence-electron chi connectivity index (χ3n) is 6.37. The molecule has 2 saturated heterocycles. The third kappa shape index (κ3) is 3.37. The molecule has 0 bridgehead atoms. The van der Waals surface area contributed by atoms with Crippen LogP contribution in [0.1, 0.15) is 29.9 Å². The van der Waals surface area contributed by atoms with E-state index >= 15 is 0 Å². The van der Waals surface area contributed by atoms with Crippen molar-refractivity contribution in [3.8, 4) is 0 Å². The Kier molecular flexibility index (Phi) is 4.77. The number of rotatable bonds is 4. The quantitative estimate of drug-likeness (QED) is 0.778. The van der Waals surface area contributed by atoms with Crippen LogP contribution in [0.25, 0.3) is 0 Å². The summed E-state index contributed by atoms with van der Waals surface area (Å²) in [6.07, 6.45) is 5.30. The number of aromatic nitrogens is 1. The molecule has 0 radical (unpaired) electrons. The zero-order valence-corrected chi connectivity index (χ0v) is 16.7. The predicted octanol–water partition coefficient (Wildman–Crippen LogP) is 2.35. The van der Waals surface area contributed by atoms with E-state index in [1.54, 1.807) is 34.3 Å². The molecule has 3 fully saturated rings. The van der Waals surface area contributed by atoms with Crippen LogP contribution >= 0.6 is 0 Å². The zero-order valence-electron chi connectivity index (χ0n) is 16.7. The van der Waals surface area contributed by atoms with Crippen LogP contribution in [0.2, 0.25) is 0 Å². The highest BCUT2D eigenvalue weighted by Crippen LogP contribution is 2.44. The van der Waals surface area contributed by atoms with E-state index in [0.717, 1.165) is 24.0 Å². The Morgan fingerprint density at radius 1 is 1.23 bits per heavy atom. The van der Waals surface area contributed by atoms with Crippen molar-refractivity contribution in [1.29, 1.82) is 0 Å². The average Bonchev–Trinajstić information content (AvgIpc) is 3.55. The maximum Gasteiger partial charge on any atom is 0.257 e. The number of benzene rings is 1. The Labute approximate surface area is 174 Å². The summed E-state index contributed by atoms with van der Waals surface area (Å²) < 4.78 is 19.5. The average molecular weight is 409 g/mol. The first-order valence-electron chi connectivity index (χ1n) is 10.4. The van der Waals surface area contributed by atoms with Gasteiger partial charge in [0, 0.05) is 43.9 Å². The molecule has 1 aliphatic carbocycles. The number of pyridine rings is 1. The molecule has 0 N–H and O–H groups in total. The first-order chi connectivity index (χ1) is 14.6. The molecular weight excluding hydrogens is 385 g/mol. The van der Waals surface area contributed by atoms with Gasteiger partial charge in [-0.1, -0.05) is 18.2 Å². The van der Waals surface area contributed by atoms with Gasteiger partial charge >= 0.3 is 0 Å². The molecule has 5 rings (SSSR count). The van der Waals surface area contributed by atoms with Crippen molar-refractivity contribution < 1.29 is 18.7 Å². The highest BCUT2D eigenvalue weighted by molar-refractivity contribution is 5.90. The van der Waals surface area contributed by atoms with Crippen LogP contribution in [-0.2, 0) is 20.9 Å². The maximum absolute atomic E-state index is 13.7. The van der Waals surface area contributed by atoms with Gasteiger partial charge in [-0.15, -0.1) is 0 Å². The van der Waals surface area contributed by atoms with Gasteiger partial charge in [-0.2, -0.15) is 0 Å². The molecule has 156 valence electrons. The van der Waals surface area contributed by atoms with E-state index in [9.17, 15) is 14.0 Å². The van der Waals surface area contributed by atoms with Crippen molar-refractivity contribution in [3.05, 3.63) is 65.7 Å². The molecule has 2 amide bonds. The Bertz CT molecular complexity index is 948. The summed E-state index contributed by atoms with van der Waals surface area (Å²) in [7, 11) is 0. The smallest absolute Gasteiger partial charge is 0.257 e. The molecular formula is C23H24FN3O3. The number of nitrogens with zero attached hydrogens (tertiary/aromatic N) is 3. The van der Waals surface area contributed by atoms with Crippen molar-refractivity contribution >= 4 is 11.8 Å². The minimum absolute atomic E-state index is 0.0868. The van der Waals surface area contributed by atoms with Gasteiger partial charge in [-0.3, -0.25) is 14.6 Å². The zero-order chi connectivity index (χ0) is 20.7. The molecule has 6 nitrogen and oxygen atoms in total. The second kappa shape index (κ2) is 7.47. The number of amides is 2. The lowest BCUT2D eigenvalue weighted by Crippen LogP contribution is -2.60. The lowest BCUT2D eigenvalue weighted by atomic mass is 9.83. The Hall–Kier alpha value is -2.80. The highest BCUT2D eigenvalue weighted by atomic mass is 19.1. The summed E-state index contributed by atoms with van der Waals surface area (Å²) in [6.45, 7) is 1.97. The molecule has 1 aromatic heterocycles. The van der Waals surface area contributed by atoms with E-state index < -0.39 is 5.60 Å². The van der Waals surface area contributed by atoms with E-state index in [1.165, 1.54) is 12.1 Å². The van der Waals surface area contributed by atoms with Crippen LogP contribution in [0.5, 0.6) is 0 Å². The lowest BCUT2D eigenvalue weighted by Gasteiger charge is -2.42. The number of halogens is 1. The Morgan fingerprint density at radius 2 is 2.03 bits per heavy atom. The van der Waals surface area contributed by atoms with Gasteiger partial charge in [0.25, 0.3) is 5.91 Å². The number of ether oxygens (including phenoxy) is 1. The summed E-state index contributed by atoms with van der Waals surface area (Å²) in [5.74, 6) is -0.475. The molecule has 1 spiro atoms. The SMILES string of the molecule is O=C(C1CC1)N1C[C@@H](c2cccnc2)[C@]2(C1)OCCN(Cc1ccc(F)cc1)C2=O. The minimum Gasteiger partial charge on any atom is -0.361 e. The van der Waals surface area contributed by atoms with Crippen molar-refractivity contribution in [2.75, 3.05) is 26.2 Å². The first kappa shape index (κ1) is 19.2. The second-order valence-corrected chi connectivity index (χ2v) is 8.42. The predicted molar refractivity (Wildman–Crippen MR) is 107 cm³/mol. The Morgan fingerprint density at radius 3 is 2.73 bits per heavy atom. The van der Waals surface area contributed by atoms with E-state index in [0.29, 0.717) is 26.2 Å². The molecule has 30 heavy (non-hydrogen) atoms. The fourth-order valence-corrected chi connectivity index (χ4v) is 4.63. The summed E-state index contributed by atoms with van der Waals surface area (Å²) >= 11 is 0. The second-order valence-electron chi connectivity index (χ2n) is 8.42. The Balaban J connectivity index is 1.45. The van der Waals surface area contributed by atoms with Crippen LogP contribution in [0, 0.1) is 11.7 Å². The van der Waals surface area contributed by atoms with Crippen molar-refractivity contribution in [1.82, 2.24) is 14.8 Å². The van der Waals surface area contributed by atoms with E-state index in [-0.39, 0.29) is 36.0 Å². The monoisotopic (exact) mass is 409 g/mol. The number of morpholine rings is 1. The molecule has 2 aromatic rings. The van der Waals surface area contributed by atoms with Crippen molar-refractivity contribution in [3.63, 3.8) is 0 Å². The summed E-state index contributed by atoms with van der Waals surface area (Å²) in [6, 6.07) is 9.99. The van der Waals surface area contributed by atoms with Crippen LogP contribution < -0.4 is 0 Å². The van der Waals surface area contributed by atoms with Gasteiger partial charge in [0.1, 0.15) is 5.82 Å². The summed E-state index contributed by atoms with van der Waals surface area (Å²) in [5, 5.41) is 0. The maximum atomic E-state index is 13.7. The topological polar surface area (TPSA) is 62.7 Å². The first-order valence-corrected chi connectivity index (χ1v) is 10.4. The number of carbonyl (C=O) groups is 2. The largest absolute Gasteiger partial charge is 0.361 e. The summed E-state index contributed by atoms with van der Waals surface area (Å²) in [4.78, 5) is 34.3. The fraction of sp³-hybridized carbons (Fsp3) is 0.435. The number of likely N-dealkylation sites (tertiary alicyclic amines) is 1. The van der Waals surface area contributed by atoms with E-state index in [4.69, 9.17) is 4.74 Å². The normalized spacial score (nSPS) is 26.4. The molecule has 3 heterocycles. The van der Waals surface area contributed by atoms with Gasteiger partial charge in [0.2, 0.25) is 5.91 Å². The van der Waals surface area contributed by atoms with E-state index in [1.807, 2.05) is 12.1 Å². The third-order valence-corrected chi connectivity index (χ3v) is 6.37. The number of carbonyl (C=O) groups excluding carboxylic acids is 2. The van der Waals surface area contributed by atoms with Gasteiger partial charge < -0.3 is 14.5 Å². The van der Waals surface area contributed by atoms with E-state index in [2.05, 4.69) is 4.98 Å². The lowest BCUT2D eigenvalue weighted by molar-refractivity contribution is -0.173. The molecule has 2 atom stereocenters. The highest BCUT2D eigenvalue weighted by Gasteiger charge is 2.58. The number of hydrogen-bond acceptors (Lipinski definition) is 4. The minimum atomic E-state index is -1.11. The number of hydrogen-bond donors (Lipinski definition) is 0. The van der Waals surface area contributed by atoms with Gasteiger partial charge in [0.15, 0.2) is 5.60 Å². The molecule has 2 aliphatic heterocycles. The van der Waals surface area contributed by atoms with Gasteiger partial charge in [0.05, 0.1) is 13.2 Å².